The van der Waals surface area contributed by atoms with Crippen LogP contribution in [0.2, 0.25) is 5.02 Å². The molecule has 0 saturated carbocycles. The highest BCUT2D eigenvalue weighted by atomic mass is 35.5. The summed E-state index contributed by atoms with van der Waals surface area (Å²) < 4.78 is 5.31. The van der Waals surface area contributed by atoms with Crippen LogP contribution in [0.15, 0.2) is 30.9 Å². The van der Waals surface area contributed by atoms with Gasteiger partial charge in [-0.15, -0.1) is 0 Å². The molecule has 0 amide bonds. The molecule has 3 heteroatoms. The van der Waals surface area contributed by atoms with Crippen molar-refractivity contribution in [2.75, 3.05) is 6.61 Å². The first-order valence-electron chi connectivity index (χ1n) is 4.65. The van der Waals surface area contributed by atoms with E-state index in [1.807, 2.05) is 6.07 Å². The summed E-state index contributed by atoms with van der Waals surface area (Å²) in [6.07, 6.45) is 2.06. The number of rotatable bonds is 5. The molecule has 0 spiro atoms. The number of carbonyl (C=O) groups is 1. The number of ketones is 1. The van der Waals surface area contributed by atoms with Crippen LogP contribution in [0.4, 0.5) is 0 Å². The van der Waals surface area contributed by atoms with Crippen molar-refractivity contribution in [1.29, 1.82) is 0 Å². The molecule has 0 unspecified atom stereocenters. The van der Waals surface area contributed by atoms with E-state index in [2.05, 4.69) is 6.58 Å². The van der Waals surface area contributed by atoms with Crippen molar-refractivity contribution in [3.05, 3.63) is 41.4 Å². The molecule has 0 aromatic heterocycles. The van der Waals surface area contributed by atoms with Gasteiger partial charge in [0.25, 0.3) is 0 Å². The van der Waals surface area contributed by atoms with Crippen molar-refractivity contribution in [3.8, 4) is 5.75 Å². The van der Waals surface area contributed by atoms with Crippen LogP contribution < -0.4 is 4.74 Å². The maximum atomic E-state index is 10.9. The quantitative estimate of drug-likeness (QED) is 0.719. The van der Waals surface area contributed by atoms with Gasteiger partial charge in [-0.25, -0.2) is 0 Å². The average molecular weight is 225 g/mol. The molecule has 2 nitrogen and oxygen atoms in total. The van der Waals surface area contributed by atoms with Crippen molar-refractivity contribution in [3.63, 3.8) is 0 Å². The third kappa shape index (κ3) is 3.76. The molecular weight excluding hydrogens is 212 g/mol. The zero-order chi connectivity index (χ0) is 11.3. The minimum Gasteiger partial charge on any atom is -0.488 e. The van der Waals surface area contributed by atoms with Gasteiger partial charge in [0.15, 0.2) is 0 Å². The Labute approximate surface area is 94.5 Å². The summed E-state index contributed by atoms with van der Waals surface area (Å²) >= 11 is 5.98. The van der Waals surface area contributed by atoms with Crippen molar-refractivity contribution in [2.24, 2.45) is 0 Å². The summed E-state index contributed by atoms with van der Waals surface area (Å²) in [6, 6.07) is 5.36. The number of Topliss-reactive ketones (excluding diaryl/α,β-unsaturated/α-hetero) is 1. The maximum absolute atomic E-state index is 10.9. The molecule has 0 atom stereocenters. The number of hydrogen-bond acceptors (Lipinski definition) is 2. The Morgan fingerprint density at radius 1 is 1.60 bits per heavy atom. The summed E-state index contributed by atoms with van der Waals surface area (Å²) in [7, 11) is 0. The highest BCUT2D eigenvalue weighted by Crippen LogP contribution is 2.25. The molecule has 0 aliphatic rings. The van der Waals surface area contributed by atoms with Crippen LogP contribution in [0, 0.1) is 0 Å². The van der Waals surface area contributed by atoms with Crippen LogP contribution in [0.5, 0.6) is 5.75 Å². The van der Waals surface area contributed by atoms with Gasteiger partial charge in [-0.1, -0.05) is 30.3 Å². The Kier molecular flexibility index (Phi) is 4.37. The molecule has 1 aromatic carbocycles. The Morgan fingerprint density at radius 2 is 2.33 bits per heavy atom. The lowest BCUT2D eigenvalue weighted by atomic mass is 10.1. The van der Waals surface area contributed by atoms with E-state index in [9.17, 15) is 4.79 Å². The van der Waals surface area contributed by atoms with Crippen molar-refractivity contribution in [2.45, 2.75) is 13.3 Å². The minimum absolute atomic E-state index is 0.117. The van der Waals surface area contributed by atoms with Gasteiger partial charge in [-0.05, 0) is 24.6 Å². The fourth-order valence-electron chi connectivity index (χ4n) is 1.21. The van der Waals surface area contributed by atoms with Gasteiger partial charge in [-0.3, -0.25) is 4.79 Å². The average Bonchev–Trinajstić information content (AvgIpc) is 2.15. The third-order valence-corrected chi connectivity index (χ3v) is 2.10. The first-order valence-corrected chi connectivity index (χ1v) is 5.03. The standard InChI is InChI=1S/C12H13ClO2/c1-3-6-15-12-5-4-10(7-9(2)14)8-11(12)13/h3-5,8H,1,6-7H2,2H3. The Hall–Kier alpha value is -1.28. The molecule has 0 saturated heterocycles. The highest BCUT2D eigenvalue weighted by Gasteiger charge is 2.04. The summed E-state index contributed by atoms with van der Waals surface area (Å²) in [5.41, 5.74) is 0.901. The maximum Gasteiger partial charge on any atom is 0.138 e. The van der Waals surface area contributed by atoms with Gasteiger partial charge in [0.1, 0.15) is 18.1 Å². The normalized spacial score (nSPS) is 9.73. The van der Waals surface area contributed by atoms with Gasteiger partial charge in [-0.2, -0.15) is 0 Å². The van der Waals surface area contributed by atoms with E-state index in [1.54, 1.807) is 25.1 Å². The number of carbonyl (C=O) groups excluding carboxylic acids is 1. The number of hydrogen-bond donors (Lipinski definition) is 0. The van der Waals surface area contributed by atoms with Crippen molar-refractivity contribution >= 4 is 17.4 Å². The van der Waals surface area contributed by atoms with Gasteiger partial charge in [0.2, 0.25) is 0 Å². The predicted octanol–water partition coefficient (Wildman–Crippen LogP) is 3.04. The van der Waals surface area contributed by atoms with E-state index in [4.69, 9.17) is 16.3 Å². The van der Waals surface area contributed by atoms with Gasteiger partial charge < -0.3 is 4.74 Å². The zero-order valence-electron chi connectivity index (χ0n) is 8.63. The van der Waals surface area contributed by atoms with Crippen LogP contribution in [-0.4, -0.2) is 12.4 Å². The monoisotopic (exact) mass is 224 g/mol. The fourth-order valence-corrected chi connectivity index (χ4v) is 1.47. The number of benzene rings is 1. The molecular formula is C12H13ClO2. The molecule has 0 radical (unpaired) electrons. The van der Waals surface area contributed by atoms with Gasteiger partial charge in [0.05, 0.1) is 5.02 Å². The molecule has 0 bridgehead atoms. The zero-order valence-corrected chi connectivity index (χ0v) is 9.38. The van der Waals surface area contributed by atoms with Crippen molar-refractivity contribution in [1.82, 2.24) is 0 Å². The molecule has 1 aromatic rings. The van der Waals surface area contributed by atoms with E-state index in [-0.39, 0.29) is 5.78 Å². The Bertz CT molecular complexity index is 372. The van der Waals surface area contributed by atoms with Crippen LogP contribution in [0.3, 0.4) is 0 Å². The molecule has 15 heavy (non-hydrogen) atoms. The van der Waals surface area contributed by atoms with E-state index in [1.165, 1.54) is 0 Å². The highest BCUT2D eigenvalue weighted by molar-refractivity contribution is 6.32. The fraction of sp³-hybridized carbons (Fsp3) is 0.250. The first-order chi connectivity index (χ1) is 7.13. The van der Waals surface area contributed by atoms with Crippen molar-refractivity contribution < 1.29 is 9.53 Å². The minimum atomic E-state index is 0.117. The second-order valence-corrected chi connectivity index (χ2v) is 3.65. The lowest BCUT2D eigenvalue weighted by Crippen LogP contribution is -1.98. The molecule has 0 fully saturated rings. The van der Waals surface area contributed by atoms with Crippen LogP contribution in [0.25, 0.3) is 0 Å². The number of halogens is 1. The van der Waals surface area contributed by atoms with Crippen LogP contribution in [-0.2, 0) is 11.2 Å². The second kappa shape index (κ2) is 5.56. The third-order valence-electron chi connectivity index (χ3n) is 1.81. The number of ether oxygens (including phenoxy) is 1. The summed E-state index contributed by atoms with van der Waals surface area (Å²) in [6.45, 7) is 5.52. The van der Waals surface area contributed by atoms with E-state index >= 15 is 0 Å². The van der Waals surface area contributed by atoms with Gasteiger partial charge in [0, 0.05) is 6.42 Å². The van der Waals surface area contributed by atoms with Crippen LogP contribution in [0.1, 0.15) is 12.5 Å². The van der Waals surface area contributed by atoms with E-state index in [0.717, 1.165) is 5.56 Å². The SMILES string of the molecule is C=CCOc1ccc(CC(C)=O)cc1Cl. The molecule has 0 heterocycles. The molecule has 0 aliphatic heterocycles. The second-order valence-electron chi connectivity index (χ2n) is 3.24. The lowest BCUT2D eigenvalue weighted by molar-refractivity contribution is -0.116. The van der Waals surface area contributed by atoms with Crippen LogP contribution >= 0.6 is 11.6 Å². The summed E-state index contributed by atoms with van der Waals surface area (Å²) in [5.74, 6) is 0.731. The largest absolute Gasteiger partial charge is 0.488 e. The topological polar surface area (TPSA) is 26.3 Å². The Balaban J connectivity index is 2.78. The first kappa shape index (κ1) is 11.8. The lowest BCUT2D eigenvalue weighted by Gasteiger charge is -2.06. The van der Waals surface area contributed by atoms with E-state index < -0.39 is 0 Å². The smallest absolute Gasteiger partial charge is 0.138 e. The van der Waals surface area contributed by atoms with E-state index in [0.29, 0.717) is 23.8 Å². The molecule has 0 N–H and O–H groups in total. The van der Waals surface area contributed by atoms with Gasteiger partial charge >= 0.3 is 0 Å². The molecule has 80 valence electrons. The summed E-state index contributed by atoms with van der Waals surface area (Å²) in [5, 5.41) is 0.524. The predicted molar refractivity (Wildman–Crippen MR) is 61.5 cm³/mol. The Morgan fingerprint density at radius 3 is 2.87 bits per heavy atom. The molecule has 1 rings (SSSR count). The molecule has 0 aliphatic carbocycles. The summed E-state index contributed by atoms with van der Waals surface area (Å²) in [4.78, 5) is 10.9.